The maximum Gasteiger partial charge on any atom is 0.0700 e. The van der Waals surface area contributed by atoms with Gasteiger partial charge in [0.15, 0.2) is 0 Å². The molecule has 0 radical (unpaired) electrons. The van der Waals surface area contributed by atoms with Crippen molar-refractivity contribution in [3.8, 4) is 11.1 Å². The predicted octanol–water partition coefficient (Wildman–Crippen LogP) is 7.69. The molecule has 0 unspecified atom stereocenters. The number of fused-ring (bicyclic) bond motifs is 3. The van der Waals surface area contributed by atoms with E-state index in [9.17, 15) is 0 Å². The van der Waals surface area contributed by atoms with Crippen LogP contribution in [0.2, 0.25) is 0 Å². The van der Waals surface area contributed by atoms with Gasteiger partial charge in [-0.2, -0.15) is 0 Å². The summed E-state index contributed by atoms with van der Waals surface area (Å²) in [5.41, 5.74) is 6.89. The molecule has 30 heavy (non-hydrogen) atoms. The summed E-state index contributed by atoms with van der Waals surface area (Å²) in [4.78, 5) is 0. The predicted molar refractivity (Wildman–Crippen MR) is 130 cm³/mol. The zero-order chi connectivity index (χ0) is 21.4. The molecule has 1 aliphatic rings. The van der Waals surface area contributed by atoms with Crippen molar-refractivity contribution in [2.24, 2.45) is 0 Å². The summed E-state index contributed by atoms with van der Waals surface area (Å²) in [5, 5.41) is 0. The van der Waals surface area contributed by atoms with E-state index < -0.39 is 0 Å². The molecule has 2 aromatic rings. The largest absolute Gasteiger partial charge is 0.382 e. The average Bonchev–Trinajstić information content (AvgIpc) is 3.17. The summed E-state index contributed by atoms with van der Waals surface area (Å²) in [6, 6.07) is 15.1. The molecule has 0 N–H and O–H groups in total. The smallest absolute Gasteiger partial charge is 0.0700 e. The number of hydrogen-bond acceptors (Lipinski definition) is 2. The molecule has 0 bridgehead atoms. The topological polar surface area (TPSA) is 18.5 Å². The lowest BCUT2D eigenvalue weighted by Crippen LogP contribution is -2.02. The highest BCUT2D eigenvalue weighted by atomic mass is 16.5. The molecule has 2 aromatic carbocycles. The molecule has 164 valence electrons. The van der Waals surface area contributed by atoms with E-state index in [0.717, 1.165) is 26.2 Å². The number of ether oxygens (including phenoxy) is 2. The molecule has 0 fully saturated rings. The van der Waals surface area contributed by atoms with Crippen LogP contribution < -0.4 is 0 Å². The Morgan fingerprint density at radius 3 is 2.23 bits per heavy atom. The van der Waals surface area contributed by atoms with Gasteiger partial charge in [-0.15, -0.1) is 0 Å². The van der Waals surface area contributed by atoms with Gasteiger partial charge in [-0.25, -0.2) is 0 Å². The lowest BCUT2D eigenvalue weighted by atomic mass is 10.0. The standard InChI is InChI=1S/C15H12.C13H28O2/c1-2-11-7-5-9-14-13-8-4-3-6-12(13)10-15(11)14;1-3-4-5-6-7-8-9-10-11-15-13-12-14-2/h2-9H,1,10H2;3-13H2,1-2H3. The third-order valence-electron chi connectivity index (χ3n) is 5.68. The van der Waals surface area contributed by atoms with Crippen molar-refractivity contribution < 1.29 is 9.47 Å². The van der Waals surface area contributed by atoms with E-state index >= 15 is 0 Å². The van der Waals surface area contributed by atoms with E-state index in [4.69, 9.17) is 9.47 Å². The van der Waals surface area contributed by atoms with Crippen LogP contribution in [-0.2, 0) is 15.9 Å². The summed E-state index contributed by atoms with van der Waals surface area (Å²) >= 11 is 0. The molecule has 0 spiro atoms. The Morgan fingerprint density at radius 2 is 1.50 bits per heavy atom. The van der Waals surface area contributed by atoms with Crippen LogP contribution in [0.1, 0.15) is 75.0 Å². The lowest BCUT2D eigenvalue weighted by molar-refractivity contribution is 0.0685. The fourth-order valence-electron chi connectivity index (χ4n) is 3.96. The van der Waals surface area contributed by atoms with Crippen molar-refractivity contribution >= 4 is 6.08 Å². The van der Waals surface area contributed by atoms with Crippen LogP contribution in [0.5, 0.6) is 0 Å². The van der Waals surface area contributed by atoms with E-state index in [0.29, 0.717) is 0 Å². The third-order valence-corrected chi connectivity index (χ3v) is 5.68. The lowest BCUT2D eigenvalue weighted by Gasteiger charge is -2.03. The average molecular weight is 409 g/mol. The van der Waals surface area contributed by atoms with Crippen molar-refractivity contribution in [2.45, 2.75) is 64.7 Å². The highest BCUT2D eigenvalue weighted by Gasteiger charge is 2.18. The van der Waals surface area contributed by atoms with Crippen molar-refractivity contribution in [1.82, 2.24) is 0 Å². The maximum absolute atomic E-state index is 5.39. The van der Waals surface area contributed by atoms with Crippen molar-refractivity contribution in [1.29, 1.82) is 0 Å². The van der Waals surface area contributed by atoms with Gasteiger partial charge in [0.2, 0.25) is 0 Å². The normalized spacial score (nSPS) is 11.4. The first-order valence-electron chi connectivity index (χ1n) is 11.7. The molecule has 0 heterocycles. The van der Waals surface area contributed by atoms with E-state index in [1.807, 2.05) is 6.08 Å². The summed E-state index contributed by atoms with van der Waals surface area (Å²) in [6.07, 6.45) is 13.9. The Morgan fingerprint density at radius 1 is 0.800 bits per heavy atom. The number of methoxy groups -OCH3 is 1. The van der Waals surface area contributed by atoms with Crippen LogP contribution in [0.15, 0.2) is 49.0 Å². The minimum Gasteiger partial charge on any atom is -0.382 e. The van der Waals surface area contributed by atoms with Crippen LogP contribution in [0, 0.1) is 0 Å². The molecule has 0 atom stereocenters. The summed E-state index contributed by atoms with van der Waals surface area (Å²) < 4.78 is 10.3. The van der Waals surface area contributed by atoms with Crippen molar-refractivity contribution in [3.63, 3.8) is 0 Å². The van der Waals surface area contributed by atoms with Gasteiger partial charge in [-0.05, 0) is 40.7 Å². The molecule has 0 aliphatic heterocycles. The molecule has 2 nitrogen and oxygen atoms in total. The van der Waals surface area contributed by atoms with Gasteiger partial charge < -0.3 is 9.47 Å². The van der Waals surface area contributed by atoms with Crippen LogP contribution in [-0.4, -0.2) is 26.9 Å². The third kappa shape index (κ3) is 8.08. The molecular weight excluding hydrogens is 368 g/mol. The highest BCUT2D eigenvalue weighted by Crippen LogP contribution is 2.38. The van der Waals surface area contributed by atoms with Crippen LogP contribution >= 0.6 is 0 Å². The maximum atomic E-state index is 5.39. The van der Waals surface area contributed by atoms with Crippen molar-refractivity contribution in [2.75, 3.05) is 26.9 Å². The Labute approximate surface area is 184 Å². The second-order valence-corrected chi connectivity index (χ2v) is 7.99. The van der Waals surface area contributed by atoms with Gasteiger partial charge >= 0.3 is 0 Å². The number of rotatable bonds is 13. The van der Waals surface area contributed by atoms with Crippen LogP contribution in [0.3, 0.4) is 0 Å². The molecular formula is C28H40O2. The number of benzene rings is 2. The minimum absolute atomic E-state index is 0.719. The fourth-order valence-corrected chi connectivity index (χ4v) is 3.96. The Balaban J connectivity index is 0.000000214. The van der Waals surface area contributed by atoms with E-state index in [1.165, 1.54) is 79.2 Å². The molecule has 0 saturated heterocycles. The zero-order valence-electron chi connectivity index (χ0n) is 19.1. The summed E-state index contributed by atoms with van der Waals surface area (Å²) in [6.45, 7) is 8.50. The molecule has 0 saturated carbocycles. The van der Waals surface area contributed by atoms with Gasteiger partial charge in [-0.3, -0.25) is 0 Å². The molecule has 0 aromatic heterocycles. The quantitative estimate of drug-likeness (QED) is 0.270. The highest BCUT2D eigenvalue weighted by molar-refractivity contribution is 5.80. The Bertz CT molecular complexity index is 723. The fraction of sp³-hybridized carbons (Fsp3) is 0.500. The second kappa shape index (κ2) is 15.0. The first kappa shape index (κ1) is 24.4. The van der Waals surface area contributed by atoms with E-state index in [-0.39, 0.29) is 0 Å². The Hall–Kier alpha value is -1.90. The van der Waals surface area contributed by atoms with Crippen LogP contribution in [0.25, 0.3) is 17.2 Å². The van der Waals surface area contributed by atoms with Crippen LogP contribution in [0.4, 0.5) is 0 Å². The number of hydrogen-bond donors (Lipinski definition) is 0. The first-order valence-corrected chi connectivity index (χ1v) is 11.7. The van der Waals surface area contributed by atoms with Gasteiger partial charge in [-0.1, -0.05) is 107 Å². The first-order chi connectivity index (χ1) is 14.8. The zero-order valence-corrected chi connectivity index (χ0v) is 19.1. The minimum atomic E-state index is 0.719. The Kier molecular flexibility index (Phi) is 12.2. The van der Waals surface area contributed by atoms with E-state index in [1.54, 1.807) is 7.11 Å². The molecule has 3 rings (SSSR count). The SMILES string of the molecule is C=Cc1cccc2c1Cc1ccccc1-2.CCCCCCCCCCOCCOC. The second-order valence-electron chi connectivity index (χ2n) is 7.99. The van der Waals surface area contributed by atoms with E-state index in [2.05, 4.69) is 56.0 Å². The van der Waals surface area contributed by atoms with Gasteiger partial charge in [0, 0.05) is 13.7 Å². The molecule has 0 amide bonds. The summed E-state index contributed by atoms with van der Waals surface area (Å²) in [7, 11) is 1.71. The van der Waals surface area contributed by atoms with Gasteiger partial charge in [0.25, 0.3) is 0 Å². The van der Waals surface area contributed by atoms with Crippen molar-refractivity contribution in [3.05, 3.63) is 65.7 Å². The monoisotopic (exact) mass is 408 g/mol. The summed E-state index contributed by atoms with van der Waals surface area (Å²) in [5.74, 6) is 0. The van der Waals surface area contributed by atoms with Gasteiger partial charge in [0.05, 0.1) is 13.2 Å². The van der Waals surface area contributed by atoms with Gasteiger partial charge in [0.1, 0.15) is 0 Å². The number of unbranched alkanes of at least 4 members (excludes halogenated alkanes) is 7. The molecule has 1 aliphatic carbocycles. The molecule has 2 heteroatoms.